The molecule has 1 aliphatic heterocycles. The van der Waals surface area contributed by atoms with Gasteiger partial charge in [0.05, 0.1) is 32.4 Å². The summed E-state index contributed by atoms with van der Waals surface area (Å²) in [6.45, 7) is 1.54. The van der Waals surface area contributed by atoms with Gasteiger partial charge >= 0.3 is 17.9 Å². The predicted molar refractivity (Wildman–Crippen MR) is 169 cm³/mol. The van der Waals surface area contributed by atoms with Gasteiger partial charge in [-0.3, -0.25) is 13.8 Å². The maximum atomic E-state index is 13.2. The molecule has 43 heavy (non-hydrogen) atoms. The van der Waals surface area contributed by atoms with E-state index in [1.807, 2.05) is 22.6 Å². The molecule has 232 valence electrons. The second-order valence-electron chi connectivity index (χ2n) is 12.8. The average molecular weight is 835 g/mol. The number of carboxylic acids is 1. The number of hydrogen-bond donors (Lipinski definition) is 3. The first kappa shape index (κ1) is 31.3. The van der Waals surface area contributed by atoms with Crippen LogP contribution in [0.4, 0.5) is 5.69 Å². The number of halogens is 2. The highest BCUT2D eigenvalue weighted by Crippen LogP contribution is 2.78. The number of carbonyl (C=O) groups excluding carboxylic acids is 2. The standard InChI is InChI=1S/C28H31I2N3O9S/c1-26-17(34)4-5-28(42-25(26)39)16-3-2-12-9-27(16,18(22(26)28)23(36)37)10-13(12)11-43(40)7-6-41-24(38)14-8-15(29)20(32-33-31)19(30)21(14)35/h8,12-13,16-18,22,34-35H,2-7,9-11H2,1H3,(H,36,37)/t12-,13-,16-,17+,18-,22-,26-,27-,28-,43?/m1/s1/i29-2,30-2. The molecule has 3 N–H and O–H groups in total. The molecule has 5 fully saturated rings. The highest BCUT2D eigenvalue weighted by Gasteiger charge is 2.83. The summed E-state index contributed by atoms with van der Waals surface area (Å²) in [5.74, 6) is -3.44. The van der Waals surface area contributed by atoms with Crippen LogP contribution in [0, 0.1) is 47.6 Å². The van der Waals surface area contributed by atoms with Gasteiger partial charge in [-0.1, -0.05) is 5.11 Å². The summed E-state index contributed by atoms with van der Waals surface area (Å²) in [6.07, 6.45) is 2.76. The number of fused-ring (bicyclic) bond motifs is 1. The van der Waals surface area contributed by atoms with Gasteiger partial charge in [-0.05, 0) is 119 Å². The Balaban J connectivity index is 1.14. The summed E-state index contributed by atoms with van der Waals surface area (Å²) < 4.78 is 25.4. The van der Waals surface area contributed by atoms with Gasteiger partial charge in [-0.25, -0.2) is 4.79 Å². The Labute approximate surface area is 277 Å². The first-order valence-corrected chi connectivity index (χ1v) is 17.9. The molecular formula is C28H31I2N3O9S. The molecule has 4 aliphatic carbocycles. The van der Waals surface area contributed by atoms with Crippen molar-refractivity contribution < 1.29 is 43.4 Å². The van der Waals surface area contributed by atoms with Crippen molar-refractivity contribution in [2.45, 2.75) is 57.2 Å². The van der Waals surface area contributed by atoms with Crippen LogP contribution in [0.25, 0.3) is 10.4 Å². The molecule has 1 aromatic rings. The van der Waals surface area contributed by atoms with Crippen molar-refractivity contribution in [3.8, 4) is 5.75 Å². The molecule has 1 aromatic carbocycles. The van der Waals surface area contributed by atoms with E-state index >= 15 is 0 Å². The second-order valence-corrected chi connectivity index (χ2v) is 16.7. The quantitative estimate of drug-likeness (QED) is 0.110. The lowest BCUT2D eigenvalue weighted by molar-refractivity contribution is -0.162. The van der Waals surface area contributed by atoms with E-state index < -0.39 is 63.1 Å². The minimum absolute atomic E-state index is 0.0207. The monoisotopic (exact) mass is 835 g/mol. The van der Waals surface area contributed by atoms with Gasteiger partial charge in [-0.2, -0.15) is 0 Å². The number of benzene rings is 1. The van der Waals surface area contributed by atoms with Gasteiger partial charge in [0, 0.05) is 36.9 Å². The van der Waals surface area contributed by atoms with Gasteiger partial charge < -0.3 is 24.8 Å². The van der Waals surface area contributed by atoms with E-state index in [9.17, 15) is 33.9 Å². The highest BCUT2D eigenvalue weighted by atomic mass is 125. The van der Waals surface area contributed by atoms with E-state index in [0.717, 1.165) is 12.8 Å². The van der Waals surface area contributed by atoms with E-state index in [4.69, 9.17) is 15.0 Å². The van der Waals surface area contributed by atoms with Gasteiger partial charge in [0.1, 0.15) is 23.5 Å². The summed E-state index contributed by atoms with van der Waals surface area (Å²) in [6, 6.07) is 1.37. The summed E-state index contributed by atoms with van der Waals surface area (Å²) in [5.41, 5.74) is 6.16. The number of hydrogen-bond acceptors (Lipinski definition) is 9. The van der Waals surface area contributed by atoms with Crippen LogP contribution in [0.3, 0.4) is 0 Å². The third-order valence-electron chi connectivity index (χ3n) is 11.2. The molecule has 0 aromatic heterocycles. The minimum atomic E-state index is -1.35. The summed E-state index contributed by atoms with van der Waals surface area (Å²) >= 11 is 3.68. The normalized spacial score (nSPS) is 39.3. The number of carboxylic acid groups (broad SMARTS) is 1. The lowest BCUT2D eigenvalue weighted by Crippen LogP contribution is -2.53. The molecule has 4 bridgehead atoms. The molecule has 5 aliphatic rings. The Hall–Kier alpha value is -1.69. The number of aliphatic hydroxyl groups excluding tert-OH is 1. The number of phenols is 1. The Morgan fingerprint density at radius 3 is 2.72 bits per heavy atom. The maximum absolute atomic E-state index is 13.2. The molecule has 6 rings (SSSR count). The third-order valence-corrected chi connectivity index (χ3v) is 14.4. The Morgan fingerprint density at radius 1 is 1.28 bits per heavy atom. The second kappa shape index (κ2) is 11.0. The van der Waals surface area contributed by atoms with Crippen LogP contribution in [0.5, 0.6) is 5.75 Å². The fourth-order valence-corrected chi connectivity index (χ4v) is 12.8. The lowest BCUT2D eigenvalue weighted by Gasteiger charge is -2.44. The summed E-state index contributed by atoms with van der Waals surface area (Å²) in [4.78, 5) is 41.5. The molecule has 10 atom stereocenters. The summed E-state index contributed by atoms with van der Waals surface area (Å²) in [5, 5.41) is 35.5. The zero-order valence-corrected chi connectivity index (χ0v) is 28.3. The number of ether oxygens (including phenoxy) is 2. The largest absolute Gasteiger partial charge is 0.506 e. The van der Waals surface area contributed by atoms with Crippen LogP contribution in [0.2, 0.25) is 0 Å². The van der Waals surface area contributed by atoms with Gasteiger partial charge in [0.2, 0.25) is 0 Å². The van der Waals surface area contributed by atoms with Gasteiger partial charge in [-0.15, -0.1) is 0 Å². The number of nitrogens with zero attached hydrogens (tertiary/aromatic N) is 3. The highest BCUT2D eigenvalue weighted by molar-refractivity contribution is 14.1. The Kier molecular flexibility index (Phi) is 7.99. The Bertz CT molecular complexity index is 1500. The molecular weight excluding hydrogens is 804 g/mol. The Morgan fingerprint density at radius 2 is 2.02 bits per heavy atom. The predicted octanol–water partition coefficient (Wildman–Crippen LogP) is 4.66. The molecule has 1 unspecified atom stereocenters. The number of carbonyl (C=O) groups is 3. The molecule has 4 saturated carbocycles. The molecule has 15 heteroatoms. The van der Waals surface area contributed by atoms with E-state index in [2.05, 4.69) is 10.0 Å². The number of phenolic OH excluding ortho intramolecular Hbond substituents is 1. The van der Waals surface area contributed by atoms with E-state index in [1.165, 1.54) is 6.07 Å². The van der Waals surface area contributed by atoms with Crippen LogP contribution < -0.4 is 0 Å². The number of aromatic hydroxyl groups is 1. The van der Waals surface area contributed by atoms with Crippen molar-refractivity contribution in [3.05, 3.63) is 29.2 Å². The number of rotatable bonds is 8. The number of azide groups is 1. The van der Waals surface area contributed by atoms with Gasteiger partial charge in [0.25, 0.3) is 0 Å². The van der Waals surface area contributed by atoms with Crippen molar-refractivity contribution in [3.63, 3.8) is 0 Å². The molecule has 1 spiro atoms. The van der Waals surface area contributed by atoms with E-state index in [-0.39, 0.29) is 50.7 Å². The molecule has 1 heterocycles. The van der Waals surface area contributed by atoms with Gasteiger partial charge in [0.15, 0.2) is 0 Å². The SMILES string of the molecule is C[C@@]12C(=O)O[C@]3(CC[C@@H]1O)[C@@H]1CC[C@@H]4C[C@]1(C[C@@H]4CS(=O)CCOC(=O)c1cc([125I])c(N=[N+]=[N-])c([125I])c1O)[C@@H](C(=O)O)[C@@H]32. The number of esters is 2. The van der Waals surface area contributed by atoms with Crippen molar-refractivity contribution >= 4 is 79.6 Å². The third kappa shape index (κ3) is 4.45. The number of aliphatic carboxylic acids is 1. The van der Waals surface area contributed by atoms with E-state index in [0.29, 0.717) is 35.0 Å². The molecule has 12 nitrogen and oxygen atoms in total. The molecule has 0 amide bonds. The van der Waals surface area contributed by atoms with Crippen LogP contribution in [-0.2, 0) is 29.9 Å². The topological polar surface area (TPSA) is 196 Å². The fraction of sp³-hybridized carbons (Fsp3) is 0.679. The zero-order valence-electron chi connectivity index (χ0n) is 23.2. The van der Waals surface area contributed by atoms with Crippen LogP contribution >= 0.6 is 45.2 Å². The minimum Gasteiger partial charge on any atom is -0.506 e. The lowest BCUT2D eigenvalue weighted by atomic mass is 9.59. The molecule has 0 radical (unpaired) electrons. The summed E-state index contributed by atoms with van der Waals surface area (Å²) in [7, 11) is -1.35. The van der Waals surface area contributed by atoms with Crippen molar-refractivity contribution in [2.24, 2.45) is 45.5 Å². The fourth-order valence-electron chi connectivity index (χ4n) is 9.60. The average Bonchev–Trinajstić information content (AvgIpc) is 3.43. The van der Waals surface area contributed by atoms with Crippen molar-refractivity contribution in [1.82, 2.24) is 0 Å². The van der Waals surface area contributed by atoms with E-state index in [1.54, 1.807) is 29.5 Å². The maximum Gasteiger partial charge on any atom is 0.342 e. The van der Waals surface area contributed by atoms with Crippen molar-refractivity contribution in [1.29, 1.82) is 0 Å². The zero-order chi connectivity index (χ0) is 31.1. The smallest absolute Gasteiger partial charge is 0.342 e. The van der Waals surface area contributed by atoms with Crippen LogP contribution in [0.15, 0.2) is 11.2 Å². The van der Waals surface area contributed by atoms with Crippen LogP contribution in [0.1, 0.15) is 55.8 Å². The molecule has 1 saturated heterocycles. The first-order chi connectivity index (χ1) is 20.3. The first-order valence-electron chi connectivity index (χ1n) is 14.2. The van der Waals surface area contributed by atoms with Crippen LogP contribution in [-0.4, -0.2) is 67.3 Å². The van der Waals surface area contributed by atoms with Crippen molar-refractivity contribution in [2.75, 3.05) is 18.1 Å². The number of aliphatic hydroxyl groups is 1.